The Balaban J connectivity index is 2.73. The van der Waals surface area contributed by atoms with E-state index in [0.717, 1.165) is 0 Å². The van der Waals surface area contributed by atoms with Gasteiger partial charge in [-0.15, -0.1) is 15.0 Å². The summed E-state index contributed by atoms with van der Waals surface area (Å²) in [6.45, 7) is -0.659. The van der Waals surface area contributed by atoms with E-state index in [-0.39, 0.29) is 57.1 Å². The molecule has 0 bridgehead atoms. The number of carboxylic acids is 3. The van der Waals surface area contributed by atoms with Gasteiger partial charge in [0.2, 0.25) is 0 Å². The quantitative estimate of drug-likeness (QED) is 0.440. The summed E-state index contributed by atoms with van der Waals surface area (Å²) in [6.07, 6.45) is -0.887. The number of aliphatic carboxylic acids is 3. The number of rotatable bonds is 12. The minimum absolute atomic E-state index is 0.220. The standard InChI is InChI=1S/C12H15N3O9/c16-7(17)1-4-22-10-13-11(23-5-2-8(18)19)15-12(14-10)24-6-3-9(20)21/h1-6H2,(H,16,17)(H,18,19)(H,20,21). The Morgan fingerprint density at radius 3 is 1.08 bits per heavy atom. The van der Waals surface area contributed by atoms with Crippen molar-refractivity contribution in [2.75, 3.05) is 19.8 Å². The molecule has 0 amide bonds. The van der Waals surface area contributed by atoms with E-state index in [4.69, 9.17) is 29.5 Å². The minimum Gasteiger partial charge on any atom is -0.481 e. The molecule has 0 spiro atoms. The number of carbonyl (C=O) groups is 3. The third-order valence-electron chi connectivity index (χ3n) is 2.22. The van der Waals surface area contributed by atoms with Crippen LogP contribution in [0.4, 0.5) is 0 Å². The lowest BCUT2D eigenvalue weighted by atomic mass is 10.5. The van der Waals surface area contributed by atoms with Crippen LogP contribution < -0.4 is 14.2 Å². The van der Waals surface area contributed by atoms with Gasteiger partial charge in [-0.2, -0.15) is 0 Å². The van der Waals surface area contributed by atoms with E-state index >= 15 is 0 Å². The number of hydrogen-bond donors (Lipinski definition) is 3. The topological polar surface area (TPSA) is 178 Å². The lowest BCUT2D eigenvalue weighted by Crippen LogP contribution is -2.12. The van der Waals surface area contributed by atoms with Gasteiger partial charge in [0.1, 0.15) is 19.8 Å². The van der Waals surface area contributed by atoms with Crippen molar-refractivity contribution in [3.05, 3.63) is 0 Å². The second-order valence-electron chi connectivity index (χ2n) is 4.16. The normalized spacial score (nSPS) is 10.0. The molecule has 12 nitrogen and oxygen atoms in total. The first-order valence-electron chi connectivity index (χ1n) is 6.66. The summed E-state index contributed by atoms with van der Waals surface area (Å²) >= 11 is 0. The Labute approximate surface area is 135 Å². The Hall–Kier alpha value is -3.18. The maximum atomic E-state index is 10.4. The fraction of sp³-hybridized carbons (Fsp3) is 0.500. The van der Waals surface area contributed by atoms with Gasteiger partial charge in [-0.05, 0) is 0 Å². The van der Waals surface area contributed by atoms with Crippen LogP contribution in [0.15, 0.2) is 0 Å². The number of nitrogens with zero attached hydrogens (tertiary/aromatic N) is 3. The molecule has 0 aliphatic carbocycles. The summed E-state index contributed by atoms with van der Waals surface area (Å²) in [5.41, 5.74) is 0. The minimum atomic E-state index is -1.08. The zero-order valence-electron chi connectivity index (χ0n) is 12.4. The van der Waals surface area contributed by atoms with Crippen molar-refractivity contribution < 1.29 is 43.9 Å². The molecule has 0 aliphatic heterocycles. The molecular formula is C12H15N3O9. The smallest absolute Gasteiger partial charge is 0.325 e. The largest absolute Gasteiger partial charge is 0.481 e. The van der Waals surface area contributed by atoms with Gasteiger partial charge in [0.15, 0.2) is 0 Å². The van der Waals surface area contributed by atoms with Crippen LogP contribution in [0.1, 0.15) is 19.3 Å². The molecular weight excluding hydrogens is 330 g/mol. The fourth-order valence-electron chi connectivity index (χ4n) is 1.20. The number of carboxylic acid groups (broad SMARTS) is 3. The lowest BCUT2D eigenvalue weighted by Gasteiger charge is -2.08. The molecule has 0 aliphatic rings. The highest BCUT2D eigenvalue weighted by Gasteiger charge is 2.12. The molecule has 0 radical (unpaired) electrons. The molecule has 1 heterocycles. The van der Waals surface area contributed by atoms with E-state index in [1.54, 1.807) is 0 Å². The van der Waals surface area contributed by atoms with E-state index in [1.165, 1.54) is 0 Å². The van der Waals surface area contributed by atoms with Crippen molar-refractivity contribution in [3.8, 4) is 18.0 Å². The summed E-state index contributed by atoms with van der Waals surface area (Å²) in [5, 5.41) is 25.6. The van der Waals surface area contributed by atoms with Crippen LogP contribution in [-0.2, 0) is 14.4 Å². The highest BCUT2D eigenvalue weighted by molar-refractivity contribution is 5.67. The molecule has 0 aromatic carbocycles. The van der Waals surface area contributed by atoms with Crippen LogP contribution >= 0.6 is 0 Å². The van der Waals surface area contributed by atoms with Gasteiger partial charge in [-0.3, -0.25) is 14.4 Å². The molecule has 0 atom stereocenters. The third kappa shape index (κ3) is 8.31. The van der Waals surface area contributed by atoms with Crippen molar-refractivity contribution in [2.24, 2.45) is 0 Å². The molecule has 0 fully saturated rings. The summed E-state index contributed by atoms with van der Waals surface area (Å²) in [7, 11) is 0. The second-order valence-corrected chi connectivity index (χ2v) is 4.16. The summed E-state index contributed by atoms with van der Waals surface area (Å²) in [4.78, 5) is 42.5. The summed E-state index contributed by atoms with van der Waals surface area (Å²) in [5.74, 6) is -3.25. The zero-order chi connectivity index (χ0) is 17.9. The fourth-order valence-corrected chi connectivity index (χ4v) is 1.20. The molecule has 12 heteroatoms. The average molecular weight is 345 g/mol. The maximum absolute atomic E-state index is 10.4. The summed E-state index contributed by atoms with van der Waals surface area (Å²) < 4.78 is 15.1. The first-order valence-corrected chi connectivity index (χ1v) is 6.66. The molecule has 1 aromatic rings. The van der Waals surface area contributed by atoms with Gasteiger partial charge in [0.25, 0.3) is 0 Å². The lowest BCUT2D eigenvalue weighted by molar-refractivity contribution is -0.138. The first kappa shape index (κ1) is 18.9. The molecule has 3 N–H and O–H groups in total. The second kappa shape index (κ2) is 9.76. The number of hydrogen-bond acceptors (Lipinski definition) is 9. The molecule has 1 aromatic heterocycles. The van der Waals surface area contributed by atoms with Gasteiger partial charge in [0.05, 0.1) is 19.3 Å². The van der Waals surface area contributed by atoms with E-state index in [9.17, 15) is 14.4 Å². The van der Waals surface area contributed by atoms with Crippen molar-refractivity contribution in [1.29, 1.82) is 0 Å². The van der Waals surface area contributed by atoms with Crippen LogP contribution in [0.5, 0.6) is 18.0 Å². The third-order valence-corrected chi connectivity index (χ3v) is 2.22. The predicted molar refractivity (Wildman–Crippen MR) is 73.1 cm³/mol. The van der Waals surface area contributed by atoms with Crippen molar-refractivity contribution in [3.63, 3.8) is 0 Å². The molecule has 1 rings (SSSR count). The van der Waals surface area contributed by atoms with Crippen LogP contribution in [-0.4, -0.2) is 68.0 Å². The van der Waals surface area contributed by atoms with Gasteiger partial charge < -0.3 is 29.5 Å². The van der Waals surface area contributed by atoms with E-state index in [1.807, 2.05) is 0 Å². The van der Waals surface area contributed by atoms with Gasteiger partial charge in [-0.1, -0.05) is 0 Å². The Bertz CT molecular complexity index is 500. The molecule has 0 saturated heterocycles. The van der Waals surface area contributed by atoms with Gasteiger partial charge in [0, 0.05) is 0 Å². The van der Waals surface area contributed by atoms with Crippen LogP contribution in [0.2, 0.25) is 0 Å². The highest BCUT2D eigenvalue weighted by atomic mass is 16.5. The molecule has 0 unspecified atom stereocenters. The summed E-state index contributed by atoms with van der Waals surface area (Å²) in [6, 6.07) is -0.870. The molecule has 0 saturated carbocycles. The van der Waals surface area contributed by atoms with E-state index < -0.39 is 17.9 Å². The van der Waals surface area contributed by atoms with Crippen LogP contribution in [0.3, 0.4) is 0 Å². The van der Waals surface area contributed by atoms with Crippen molar-refractivity contribution in [2.45, 2.75) is 19.3 Å². The van der Waals surface area contributed by atoms with Crippen LogP contribution in [0, 0.1) is 0 Å². The Morgan fingerprint density at radius 2 is 0.875 bits per heavy atom. The number of ether oxygens (including phenoxy) is 3. The Kier molecular flexibility index (Phi) is 7.67. The zero-order valence-corrected chi connectivity index (χ0v) is 12.4. The highest BCUT2D eigenvalue weighted by Crippen LogP contribution is 2.15. The van der Waals surface area contributed by atoms with Crippen molar-refractivity contribution in [1.82, 2.24) is 15.0 Å². The Morgan fingerprint density at radius 1 is 0.625 bits per heavy atom. The number of aromatic nitrogens is 3. The monoisotopic (exact) mass is 345 g/mol. The average Bonchev–Trinajstić information content (AvgIpc) is 2.46. The van der Waals surface area contributed by atoms with Crippen molar-refractivity contribution >= 4 is 17.9 Å². The predicted octanol–water partition coefficient (Wildman–Crippen LogP) is -0.568. The SMILES string of the molecule is O=C(O)CCOc1nc(OCCC(=O)O)nc(OCCC(=O)O)n1. The first-order chi connectivity index (χ1) is 11.4. The molecule has 24 heavy (non-hydrogen) atoms. The van der Waals surface area contributed by atoms with Crippen LogP contribution in [0.25, 0.3) is 0 Å². The van der Waals surface area contributed by atoms with Gasteiger partial charge >= 0.3 is 35.9 Å². The van der Waals surface area contributed by atoms with E-state index in [0.29, 0.717) is 0 Å². The maximum Gasteiger partial charge on any atom is 0.325 e. The molecule has 132 valence electrons. The van der Waals surface area contributed by atoms with Gasteiger partial charge in [-0.25, -0.2) is 0 Å². The van der Waals surface area contributed by atoms with E-state index in [2.05, 4.69) is 15.0 Å².